The zero-order valence-corrected chi connectivity index (χ0v) is 17.4. The molecule has 2 aromatic carbocycles. The van der Waals surface area contributed by atoms with Gasteiger partial charge < -0.3 is 24.2 Å². The minimum Gasteiger partial charge on any atom is -0.493 e. The van der Waals surface area contributed by atoms with E-state index < -0.39 is 5.92 Å². The molecule has 3 aromatic rings. The summed E-state index contributed by atoms with van der Waals surface area (Å²) < 4.78 is 15.5. The molecule has 1 saturated heterocycles. The molecule has 1 N–H and O–H groups in total. The highest BCUT2D eigenvalue weighted by Gasteiger charge is 2.35. The number of anilines is 2. The molecule has 1 fully saturated rings. The fourth-order valence-electron chi connectivity index (χ4n) is 3.52. The molecular formula is C22H22N4O5. The number of ether oxygens (including phenoxy) is 2. The average Bonchev–Trinajstić information content (AvgIpc) is 3.39. The van der Waals surface area contributed by atoms with E-state index in [4.69, 9.17) is 14.0 Å². The van der Waals surface area contributed by atoms with Gasteiger partial charge in [0.15, 0.2) is 11.5 Å². The molecule has 160 valence electrons. The highest BCUT2D eigenvalue weighted by molar-refractivity contribution is 6.03. The van der Waals surface area contributed by atoms with Gasteiger partial charge in [0.2, 0.25) is 23.5 Å². The van der Waals surface area contributed by atoms with E-state index in [1.165, 1.54) is 7.11 Å². The van der Waals surface area contributed by atoms with E-state index in [-0.39, 0.29) is 24.8 Å². The Morgan fingerprint density at radius 3 is 2.68 bits per heavy atom. The standard InChI is InChI=1S/C22H22N4O5/c1-13-23-21(25-31-13)14-5-4-6-17(9-14)26-12-15(10-20(26)27)22(28)24-16-7-8-18(29-2)19(11-16)30-3/h4-9,11,15H,10,12H2,1-3H3,(H,24,28)/t15-/m0/s1. The van der Waals surface area contributed by atoms with E-state index in [1.807, 2.05) is 24.3 Å². The molecule has 1 atom stereocenters. The zero-order valence-electron chi connectivity index (χ0n) is 17.4. The van der Waals surface area contributed by atoms with Crippen molar-refractivity contribution >= 4 is 23.2 Å². The summed E-state index contributed by atoms with van der Waals surface area (Å²) in [6.07, 6.45) is 0.130. The number of hydrogen-bond acceptors (Lipinski definition) is 7. The number of rotatable bonds is 6. The number of aromatic nitrogens is 2. The van der Waals surface area contributed by atoms with Crippen LogP contribution in [0.15, 0.2) is 47.0 Å². The zero-order chi connectivity index (χ0) is 22.0. The van der Waals surface area contributed by atoms with Crippen molar-refractivity contribution in [2.75, 3.05) is 31.0 Å². The van der Waals surface area contributed by atoms with E-state index in [1.54, 1.807) is 37.1 Å². The molecule has 2 amide bonds. The van der Waals surface area contributed by atoms with Crippen LogP contribution >= 0.6 is 0 Å². The highest BCUT2D eigenvalue weighted by Crippen LogP contribution is 2.32. The molecule has 1 aliphatic heterocycles. The van der Waals surface area contributed by atoms with Gasteiger partial charge >= 0.3 is 0 Å². The van der Waals surface area contributed by atoms with Crippen LogP contribution in [0.2, 0.25) is 0 Å². The van der Waals surface area contributed by atoms with Gasteiger partial charge in [0, 0.05) is 42.9 Å². The molecule has 9 nitrogen and oxygen atoms in total. The van der Waals surface area contributed by atoms with Crippen molar-refractivity contribution in [3.8, 4) is 22.9 Å². The minimum absolute atomic E-state index is 0.117. The molecule has 4 rings (SSSR count). The molecule has 1 aliphatic rings. The number of benzene rings is 2. The Morgan fingerprint density at radius 1 is 1.16 bits per heavy atom. The summed E-state index contributed by atoms with van der Waals surface area (Å²) >= 11 is 0. The maximum atomic E-state index is 12.8. The van der Waals surface area contributed by atoms with E-state index in [0.717, 1.165) is 5.56 Å². The van der Waals surface area contributed by atoms with Crippen LogP contribution in [0.1, 0.15) is 12.3 Å². The van der Waals surface area contributed by atoms with Crippen molar-refractivity contribution in [2.24, 2.45) is 5.92 Å². The quantitative estimate of drug-likeness (QED) is 0.651. The van der Waals surface area contributed by atoms with Crippen LogP contribution in [0.3, 0.4) is 0 Å². The van der Waals surface area contributed by atoms with Gasteiger partial charge in [-0.1, -0.05) is 17.3 Å². The lowest BCUT2D eigenvalue weighted by Gasteiger charge is -2.17. The van der Waals surface area contributed by atoms with E-state index in [2.05, 4.69) is 15.5 Å². The summed E-state index contributed by atoms with van der Waals surface area (Å²) in [6, 6.07) is 12.4. The predicted octanol–water partition coefficient (Wildman–Crippen LogP) is 3.05. The van der Waals surface area contributed by atoms with E-state index in [9.17, 15) is 9.59 Å². The third kappa shape index (κ3) is 4.20. The maximum absolute atomic E-state index is 12.8. The van der Waals surface area contributed by atoms with Gasteiger partial charge in [0.25, 0.3) is 0 Å². The van der Waals surface area contributed by atoms with Crippen molar-refractivity contribution in [1.29, 1.82) is 0 Å². The minimum atomic E-state index is -0.475. The lowest BCUT2D eigenvalue weighted by atomic mass is 10.1. The number of carbonyl (C=O) groups excluding carboxylic acids is 2. The SMILES string of the molecule is COc1ccc(NC(=O)[C@H]2CC(=O)N(c3cccc(-c4noc(C)n4)c3)C2)cc1OC. The van der Waals surface area contributed by atoms with Gasteiger partial charge in [-0.3, -0.25) is 9.59 Å². The molecule has 1 aromatic heterocycles. The molecule has 9 heteroatoms. The summed E-state index contributed by atoms with van der Waals surface area (Å²) in [6.45, 7) is 2.00. The third-order valence-electron chi connectivity index (χ3n) is 5.09. The Kier molecular flexibility index (Phi) is 5.57. The summed E-state index contributed by atoms with van der Waals surface area (Å²) in [5, 5.41) is 6.77. The van der Waals surface area contributed by atoms with Crippen LogP contribution < -0.4 is 19.7 Å². The van der Waals surface area contributed by atoms with Gasteiger partial charge in [-0.05, 0) is 24.3 Å². The van der Waals surface area contributed by atoms with Crippen molar-refractivity contribution in [1.82, 2.24) is 10.1 Å². The summed E-state index contributed by atoms with van der Waals surface area (Å²) in [7, 11) is 3.07. The fourth-order valence-corrected chi connectivity index (χ4v) is 3.52. The summed E-state index contributed by atoms with van der Waals surface area (Å²) in [5.41, 5.74) is 2.00. The Labute approximate surface area is 179 Å². The monoisotopic (exact) mass is 422 g/mol. The number of nitrogens with one attached hydrogen (secondary N) is 1. The first kappa shape index (κ1) is 20.4. The van der Waals surface area contributed by atoms with Crippen LogP contribution in [0.25, 0.3) is 11.4 Å². The maximum Gasteiger partial charge on any atom is 0.229 e. The van der Waals surface area contributed by atoms with Gasteiger partial charge in [-0.25, -0.2) is 0 Å². The Bertz CT molecular complexity index is 1130. The van der Waals surface area contributed by atoms with Crippen LogP contribution in [0, 0.1) is 12.8 Å². The lowest BCUT2D eigenvalue weighted by Crippen LogP contribution is -2.28. The Balaban J connectivity index is 1.48. The summed E-state index contributed by atoms with van der Waals surface area (Å²) in [4.78, 5) is 31.3. The van der Waals surface area contributed by atoms with Crippen LogP contribution in [-0.4, -0.2) is 42.7 Å². The number of aryl methyl sites for hydroxylation is 1. The second kappa shape index (κ2) is 8.47. The average molecular weight is 422 g/mol. The first-order valence-corrected chi connectivity index (χ1v) is 9.72. The number of nitrogens with zero attached hydrogens (tertiary/aromatic N) is 3. The van der Waals surface area contributed by atoms with Crippen LogP contribution in [0.5, 0.6) is 11.5 Å². The fraction of sp³-hybridized carbons (Fsp3) is 0.273. The normalized spacial score (nSPS) is 15.8. The second-order valence-electron chi connectivity index (χ2n) is 7.15. The van der Waals surface area contributed by atoms with Crippen molar-refractivity contribution < 1.29 is 23.6 Å². The first-order chi connectivity index (χ1) is 15.0. The Morgan fingerprint density at radius 2 is 1.97 bits per heavy atom. The Hall–Kier alpha value is -3.88. The van der Waals surface area contributed by atoms with Crippen LogP contribution in [-0.2, 0) is 9.59 Å². The van der Waals surface area contributed by atoms with Crippen molar-refractivity contribution in [3.05, 3.63) is 48.4 Å². The van der Waals surface area contributed by atoms with E-state index >= 15 is 0 Å². The molecule has 0 aliphatic carbocycles. The van der Waals surface area contributed by atoms with Gasteiger partial charge in [0.05, 0.1) is 20.1 Å². The second-order valence-corrected chi connectivity index (χ2v) is 7.15. The van der Waals surface area contributed by atoms with E-state index in [0.29, 0.717) is 34.6 Å². The topological polar surface area (TPSA) is 107 Å². The molecular weight excluding hydrogens is 400 g/mol. The van der Waals surface area contributed by atoms with Gasteiger partial charge in [-0.2, -0.15) is 4.98 Å². The predicted molar refractivity (Wildman–Crippen MR) is 113 cm³/mol. The number of hydrogen-bond donors (Lipinski definition) is 1. The third-order valence-corrected chi connectivity index (χ3v) is 5.09. The molecule has 0 bridgehead atoms. The van der Waals surface area contributed by atoms with Crippen LogP contribution in [0.4, 0.5) is 11.4 Å². The largest absolute Gasteiger partial charge is 0.493 e. The molecule has 0 saturated carbocycles. The van der Waals surface area contributed by atoms with Gasteiger partial charge in [-0.15, -0.1) is 0 Å². The summed E-state index contributed by atoms with van der Waals surface area (Å²) in [5.74, 6) is 1.18. The number of carbonyl (C=O) groups is 2. The highest BCUT2D eigenvalue weighted by atomic mass is 16.5. The smallest absolute Gasteiger partial charge is 0.229 e. The molecule has 31 heavy (non-hydrogen) atoms. The molecule has 0 radical (unpaired) electrons. The molecule has 0 spiro atoms. The lowest BCUT2D eigenvalue weighted by molar-refractivity contribution is -0.122. The van der Waals surface area contributed by atoms with Gasteiger partial charge in [0.1, 0.15) is 0 Å². The number of amides is 2. The van der Waals surface area contributed by atoms with Crippen molar-refractivity contribution in [3.63, 3.8) is 0 Å². The molecule has 2 heterocycles. The molecule has 0 unspecified atom stereocenters. The van der Waals surface area contributed by atoms with Crippen molar-refractivity contribution in [2.45, 2.75) is 13.3 Å². The number of methoxy groups -OCH3 is 2. The first-order valence-electron chi connectivity index (χ1n) is 9.72.